The van der Waals surface area contributed by atoms with Crippen LogP contribution in [-0.2, 0) is 11.3 Å². The summed E-state index contributed by atoms with van der Waals surface area (Å²) in [5.74, 6) is 0.746. The van der Waals surface area contributed by atoms with Crippen molar-refractivity contribution < 1.29 is 4.79 Å². The Bertz CT molecular complexity index is 435. The molecule has 1 aromatic rings. The van der Waals surface area contributed by atoms with Crippen LogP contribution < -0.4 is 0 Å². The molecule has 0 saturated heterocycles. The van der Waals surface area contributed by atoms with Crippen LogP contribution in [0.4, 0.5) is 0 Å². The van der Waals surface area contributed by atoms with Gasteiger partial charge in [-0.3, -0.25) is 4.79 Å². The molecule has 1 aliphatic carbocycles. The third-order valence-electron chi connectivity index (χ3n) is 3.09. The quantitative estimate of drug-likeness (QED) is 0.759. The van der Waals surface area contributed by atoms with E-state index in [0.717, 1.165) is 11.3 Å². The second kappa shape index (κ2) is 3.74. The monoisotopic (exact) mass is 214 g/mol. The molecular formula is C13H14N2O. The summed E-state index contributed by atoms with van der Waals surface area (Å²) < 4.78 is 0. The van der Waals surface area contributed by atoms with E-state index in [0.29, 0.717) is 18.9 Å². The van der Waals surface area contributed by atoms with Gasteiger partial charge in [-0.15, -0.1) is 0 Å². The van der Waals surface area contributed by atoms with Gasteiger partial charge in [0.25, 0.3) is 0 Å². The van der Waals surface area contributed by atoms with E-state index >= 15 is 0 Å². The molecule has 0 unspecified atom stereocenters. The zero-order valence-corrected chi connectivity index (χ0v) is 9.10. The maximum Gasteiger partial charge on any atom is 0.248 e. The fourth-order valence-corrected chi connectivity index (χ4v) is 2.01. The van der Waals surface area contributed by atoms with E-state index in [1.807, 2.05) is 30.3 Å². The molecule has 3 rings (SSSR count). The summed E-state index contributed by atoms with van der Waals surface area (Å²) in [4.78, 5) is 11.7. The number of carbonyl (C=O) groups is 1. The van der Waals surface area contributed by atoms with Crippen LogP contribution in [0.2, 0.25) is 0 Å². The van der Waals surface area contributed by atoms with Gasteiger partial charge in [0.15, 0.2) is 0 Å². The van der Waals surface area contributed by atoms with Crippen molar-refractivity contribution >= 4 is 11.6 Å². The molecule has 1 aromatic carbocycles. The third kappa shape index (κ3) is 1.85. The van der Waals surface area contributed by atoms with Gasteiger partial charge in [0.05, 0.1) is 18.7 Å². The Kier molecular flexibility index (Phi) is 2.24. The van der Waals surface area contributed by atoms with E-state index in [2.05, 4.69) is 5.10 Å². The van der Waals surface area contributed by atoms with Crippen molar-refractivity contribution in [2.45, 2.75) is 25.8 Å². The van der Waals surface area contributed by atoms with Gasteiger partial charge in [-0.1, -0.05) is 30.3 Å². The van der Waals surface area contributed by atoms with Gasteiger partial charge >= 0.3 is 0 Å². The zero-order valence-electron chi connectivity index (χ0n) is 9.10. The standard InChI is InChI=1S/C13H14N2O/c16-13-8-12(11-6-7-11)14-15(13)9-10-4-2-1-3-5-10/h1-5,11H,6-9H2. The Morgan fingerprint density at radius 2 is 2.00 bits per heavy atom. The van der Waals surface area contributed by atoms with Crippen LogP contribution in [0.5, 0.6) is 0 Å². The van der Waals surface area contributed by atoms with Gasteiger partial charge < -0.3 is 0 Å². The van der Waals surface area contributed by atoms with Gasteiger partial charge in [-0.05, 0) is 24.3 Å². The van der Waals surface area contributed by atoms with Crippen LogP contribution in [0.15, 0.2) is 35.4 Å². The first-order chi connectivity index (χ1) is 7.83. The smallest absolute Gasteiger partial charge is 0.248 e. The predicted octanol–water partition coefficient (Wildman–Crippen LogP) is 2.18. The van der Waals surface area contributed by atoms with Gasteiger partial charge in [0.2, 0.25) is 5.91 Å². The van der Waals surface area contributed by atoms with Crippen molar-refractivity contribution in [3.8, 4) is 0 Å². The maximum absolute atomic E-state index is 11.7. The highest BCUT2D eigenvalue weighted by atomic mass is 16.2. The predicted molar refractivity (Wildman–Crippen MR) is 61.8 cm³/mol. The summed E-state index contributed by atoms with van der Waals surface area (Å²) in [6, 6.07) is 10.0. The average molecular weight is 214 g/mol. The first kappa shape index (κ1) is 9.58. The van der Waals surface area contributed by atoms with Gasteiger partial charge in [0.1, 0.15) is 0 Å². The highest BCUT2D eigenvalue weighted by Crippen LogP contribution is 2.34. The summed E-state index contributed by atoms with van der Waals surface area (Å²) in [5, 5.41) is 6.04. The van der Waals surface area contributed by atoms with E-state index in [9.17, 15) is 4.79 Å². The molecule has 0 spiro atoms. The van der Waals surface area contributed by atoms with Gasteiger partial charge in [0, 0.05) is 0 Å². The fourth-order valence-electron chi connectivity index (χ4n) is 2.01. The van der Waals surface area contributed by atoms with Crippen molar-refractivity contribution in [1.82, 2.24) is 5.01 Å². The minimum absolute atomic E-state index is 0.144. The molecule has 0 atom stereocenters. The number of hydrazone groups is 1. The molecule has 0 radical (unpaired) electrons. The second-order valence-electron chi connectivity index (χ2n) is 4.48. The van der Waals surface area contributed by atoms with Crippen molar-refractivity contribution in [1.29, 1.82) is 0 Å². The summed E-state index contributed by atoms with van der Waals surface area (Å²) >= 11 is 0. The number of amides is 1. The van der Waals surface area contributed by atoms with Crippen LogP contribution in [0, 0.1) is 5.92 Å². The Morgan fingerprint density at radius 3 is 2.69 bits per heavy atom. The molecule has 0 N–H and O–H groups in total. The van der Waals surface area contributed by atoms with Crippen molar-refractivity contribution in [3.05, 3.63) is 35.9 Å². The molecule has 1 heterocycles. The van der Waals surface area contributed by atoms with E-state index in [4.69, 9.17) is 0 Å². The van der Waals surface area contributed by atoms with E-state index < -0.39 is 0 Å². The Labute approximate surface area is 94.8 Å². The van der Waals surface area contributed by atoms with E-state index in [1.54, 1.807) is 5.01 Å². The summed E-state index contributed by atoms with van der Waals surface area (Å²) in [6.07, 6.45) is 2.97. The van der Waals surface area contributed by atoms with Crippen molar-refractivity contribution in [3.63, 3.8) is 0 Å². The minimum Gasteiger partial charge on any atom is -0.273 e. The molecule has 3 heteroatoms. The highest BCUT2D eigenvalue weighted by Gasteiger charge is 2.34. The molecule has 1 amide bonds. The lowest BCUT2D eigenvalue weighted by molar-refractivity contribution is -0.129. The highest BCUT2D eigenvalue weighted by molar-refractivity contribution is 6.06. The summed E-state index contributed by atoms with van der Waals surface area (Å²) in [7, 11) is 0. The van der Waals surface area contributed by atoms with Crippen LogP contribution in [0.1, 0.15) is 24.8 Å². The largest absolute Gasteiger partial charge is 0.273 e. The lowest BCUT2D eigenvalue weighted by Gasteiger charge is -2.11. The molecular weight excluding hydrogens is 200 g/mol. The van der Waals surface area contributed by atoms with Gasteiger partial charge in [-0.2, -0.15) is 5.10 Å². The SMILES string of the molecule is O=C1CC(C2CC2)=NN1Cc1ccccc1. The fraction of sp³-hybridized carbons (Fsp3) is 0.385. The number of carbonyl (C=O) groups excluding carboxylic acids is 1. The molecule has 2 aliphatic rings. The lowest BCUT2D eigenvalue weighted by Crippen LogP contribution is -2.19. The maximum atomic E-state index is 11.7. The second-order valence-corrected chi connectivity index (χ2v) is 4.48. The Morgan fingerprint density at radius 1 is 1.25 bits per heavy atom. The van der Waals surface area contributed by atoms with Crippen LogP contribution in [0.3, 0.4) is 0 Å². The van der Waals surface area contributed by atoms with Crippen LogP contribution in [0.25, 0.3) is 0 Å². The molecule has 1 fully saturated rings. The Balaban J connectivity index is 1.73. The minimum atomic E-state index is 0.144. The van der Waals surface area contributed by atoms with Crippen LogP contribution >= 0.6 is 0 Å². The third-order valence-corrected chi connectivity index (χ3v) is 3.09. The van der Waals surface area contributed by atoms with E-state index in [1.165, 1.54) is 12.8 Å². The summed E-state index contributed by atoms with van der Waals surface area (Å²) in [6.45, 7) is 0.607. The summed E-state index contributed by atoms with van der Waals surface area (Å²) in [5.41, 5.74) is 2.23. The van der Waals surface area contributed by atoms with E-state index in [-0.39, 0.29) is 5.91 Å². The van der Waals surface area contributed by atoms with Crippen LogP contribution in [-0.4, -0.2) is 16.6 Å². The number of rotatable bonds is 3. The molecule has 1 aliphatic heterocycles. The average Bonchev–Trinajstić information content (AvgIpc) is 3.07. The first-order valence-electron chi connectivity index (χ1n) is 5.74. The van der Waals surface area contributed by atoms with Crippen molar-refractivity contribution in [2.24, 2.45) is 11.0 Å². The number of benzene rings is 1. The number of nitrogens with zero attached hydrogens (tertiary/aromatic N) is 2. The zero-order chi connectivity index (χ0) is 11.0. The normalized spacial score (nSPS) is 20.1. The molecule has 0 bridgehead atoms. The molecule has 3 nitrogen and oxygen atoms in total. The van der Waals surface area contributed by atoms with Crippen molar-refractivity contribution in [2.75, 3.05) is 0 Å². The topological polar surface area (TPSA) is 32.7 Å². The first-order valence-corrected chi connectivity index (χ1v) is 5.74. The molecule has 16 heavy (non-hydrogen) atoms. The lowest BCUT2D eigenvalue weighted by atomic mass is 10.2. The molecule has 82 valence electrons. The Hall–Kier alpha value is -1.64. The number of hydrogen-bond donors (Lipinski definition) is 0. The number of hydrogen-bond acceptors (Lipinski definition) is 2. The molecule has 0 aromatic heterocycles. The molecule has 1 saturated carbocycles. The van der Waals surface area contributed by atoms with Gasteiger partial charge in [-0.25, -0.2) is 5.01 Å².